The summed E-state index contributed by atoms with van der Waals surface area (Å²) < 4.78 is 4.85. The molecular formula is C11H14O3. The van der Waals surface area contributed by atoms with Gasteiger partial charge in [0.15, 0.2) is 0 Å². The average molecular weight is 194 g/mol. The number of hydrogen-bond donors (Lipinski definition) is 0. The Bertz CT molecular complexity index is 287. The minimum Gasteiger partial charge on any atom is -0.465 e. The molecule has 1 atom stereocenters. The number of hydrogen-bond acceptors (Lipinski definition) is 3. The zero-order valence-electron chi connectivity index (χ0n) is 8.34. The summed E-state index contributed by atoms with van der Waals surface area (Å²) in [5.41, 5.74) is -0.892. The summed E-state index contributed by atoms with van der Waals surface area (Å²) in [4.78, 5) is 22.9. The molecule has 14 heavy (non-hydrogen) atoms. The predicted octanol–water partition coefficient (Wildman–Crippen LogP) is 1.31. The van der Waals surface area contributed by atoms with Crippen LogP contribution in [-0.4, -0.2) is 18.4 Å². The van der Waals surface area contributed by atoms with Crippen LogP contribution in [0.5, 0.6) is 0 Å². The van der Waals surface area contributed by atoms with Crippen molar-refractivity contribution in [3.05, 3.63) is 0 Å². The van der Waals surface area contributed by atoms with Crippen molar-refractivity contribution in [1.82, 2.24) is 0 Å². The molecular weight excluding hydrogens is 180 g/mol. The molecule has 76 valence electrons. The van der Waals surface area contributed by atoms with E-state index in [0.29, 0.717) is 32.3 Å². The number of rotatable bonds is 4. The number of ketones is 1. The summed E-state index contributed by atoms with van der Waals surface area (Å²) >= 11 is 0. The van der Waals surface area contributed by atoms with Crippen molar-refractivity contribution in [2.75, 3.05) is 6.61 Å². The largest absolute Gasteiger partial charge is 0.465 e. The van der Waals surface area contributed by atoms with E-state index in [-0.39, 0.29) is 11.8 Å². The van der Waals surface area contributed by atoms with Crippen LogP contribution in [0.1, 0.15) is 32.6 Å². The van der Waals surface area contributed by atoms with Crippen molar-refractivity contribution >= 4 is 11.8 Å². The van der Waals surface area contributed by atoms with Crippen molar-refractivity contribution in [2.24, 2.45) is 5.41 Å². The van der Waals surface area contributed by atoms with Gasteiger partial charge in [0.1, 0.15) is 11.2 Å². The van der Waals surface area contributed by atoms with Crippen molar-refractivity contribution < 1.29 is 14.3 Å². The topological polar surface area (TPSA) is 43.4 Å². The van der Waals surface area contributed by atoms with Crippen LogP contribution in [0.15, 0.2) is 0 Å². The fraction of sp³-hybridized carbons (Fsp3) is 0.636. The SMILES string of the molecule is C#CCCCC1(C(C)=O)CCOC1=O. The highest BCUT2D eigenvalue weighted by molar-refractivity contribution is 6.03. The summed E-state index contributed by atoms with van der Waals surface area (Å²) in [6, 6.07) is 0. The zero-order chi connectivity index (χ0) is 10.6. The van der Waals surface area contributed by atoms with Crippen molar-refractivity contribution in [3.63, 3.8) is 0 Å². The van der Waals surface area contributed by atoms with Crippen LogP contribution in [0.3, 0.4) is 0 Å². The van der Waals surface area contributed by atoms with E-state index in [1.54, 1.807) is 0 Å². The molecule has 0 aromatic carbocycles. The van der Waals surface area contributed by atoms with Crippen LogP contribution in [0.4, 0.5) is 0 Å². The number of terminal acetylenes is 1. The molecule has 0 N–H and O–H groups in total. The second kappa shape index (κ2) is 4.28. The maximum absolute atomic E-state index is 11.4. The highest BCUT2D eigenvalue weighted by Gasteiger charge is 2.47. The highest BCUT2D eigenvalue weighted by atomic mass is 16.5. The Labute approximate surface area is 83.8 Å². The first-order valence-electron chi connectivity index (χ1n) is 4.75. The lowest BCUT2D eigenvalue weighted by molar-refractivity contribution is -0.151. The van der Waals surface area contributed by atoms with Crippen LogP contribution in [0.2, 0.25) is 0 Å². The van der Waals surface area contributed by atoms with E-state index in [4.69, 9.17) is 11.2 Å². The van der Waals surface area contributed by atoms with Crippen LogP contribution in [-0.2, 0) is 14.3 Å². The highest BCUT2D eigenvalue weighted by Crippen LogP contribution is 2.36. The standard InChI is InChI=1S/C11H14O3/c1-3-4-5-6-11(9(2)12)7-8-14-10(11)13/h1H,4-8H2,2H3. The Morgan fingerprint density at radius 1 is 1.71 bits per heavy atom. The van der Waals surface area contributed by atoms with E-state index in [0.717, 1.165) is 0 Å². The fourth-order valence-corrected chi connectivity index (χ4v) is 1.77. The predicted molar refractivity (Wildman–Crippen MR) is 51.4 cm³/mol. The molecule has 1 rings (SSSR count). The number of esters is 1. The fourth-order valence-electron chi connectivity index (χ4n) is 1.77. The third kappa shape index (κ3) is 1.79. The monoisotopic (exact) mass is 194 g/mol. The third-order valence-electron chi connectivity index (χ3n) is 2.75. The van der Waals surface area contributed by atoms with Gasteiger partial charge in [-0.15, -0.1) is 12.3 Å². The summed E-state index contributed by atoms with van der Waals surface area (Å²) in [6.45, 7) is 1.80. The number of ether oxygens (including phenoxy) is 1. The summed E-state index contributed by atoms with van der Waals surface area (Å²) in [5.74, 6) is 2.03. The molecule has 0 radical (unpaired) electrons. The minimum absolute atomic E-state index is 0.1000. The maximum Gasteiger partial charge on any atom is 0.319 e. The first-order valence-corrected chi connectivity index (χ1v) is 4.75. The number of carbonyl (C=O) groups excluding carboxylic acids is 2. The van der Waals surface area contributed by atoms with E-state index in [1.165, 1.54) is 6.92 Å². The molecule has 0 saturated carbocycles. The Kier molecular flexibility index (Phi) is 3.29. The van der Waals surface area contributed by atoms with Crippen molar-refractivity contribution in [1.29, 1.82) is 0 Å². The lowest BCUT2D eigenvalue weighted by Crippen LogP contribution is -2.34. The second-order valence-electron chi connectivity index (χ2n) is 3.58. The average Bonchev–Trinajstić information content (AvgIpc) is 2.49. The van der Waals surface area contributed by atoms with Gasteiger partial charge in [-0.05, 0) is 19.8 Å². The molecule has 0 aromatic rings. The van der Waals surface area contributed by atoms with E-state index < -0.39 is 5.41 Å². The molecule has 1 saturated heterocycles. The smallest absolute Gasteiger partial charge is 0.319 e. The van der Waals surface area contributed by atoms with Gasteiger partial charge in [-0.3, -0.25) is 9.59 Å². The van der Waals surface area contributed by atoms with Gasteiger partial charge in [0.25, 0.3) is 0 Å². The van der Waals surface area contributed by atoms with Gasteiger partial charge in [-0.1, -0.05) is 0 Å². The number of carbonyl (C=O) groups is 2. The van der Waals surface area contributed by atoms with Gasteiger partial charge in [0.05, 0.1) is 6.61 Å². The molecule has 0 bridgehead atoms. The van der Waals surface area contributed by atoms with Gasteiger partial charge in [-0.2, -0.15) is 0 Å². The van der Waals surface area contributed by atoms with Crippen LogP contribution in [0, 0.1) is 17.8 Å². The second-order valence-corrected chi connectivity index (χ2v) is 3.58. The molecule has 1 aliphatic rings. The molecule has 0 aliphatic carbocycles. The van der Waals surface area contributed by atoms with Gasteiger partial charge in [0, 0.05) is 12.8 Å². The van der Waals surface area contributed by atoms with Gasteiger partial charge in [0.2, 0.25) is 0 Å². The van der Waals surface area contributed by atoms with E-state index in [2.05, 4.69) is 5.92 Å². The summed E-state index contributed by atoms with van der Waals surface area (Å²) in [5, 5.41) is 0. The van der Waals surface area contributed by atoms with Gasteiger partial charge in [-0.25, -0.2) is 0 Å². The minimum atomic E-state index is -0.892. The van der Waals surface area contributed by atoms with Crippen molar-refractivity contribution in [2.45, 2.75) is 32.6 Å². The molecule has 3 heteroatoms. The first-order chi connectivity index (χ1) is 6.63. The summed E-state index contributed by atoms with van der Waals surface area (Å²) in [7, 11) is 0. The Morgan fingerprint density at radius 2 is 2.43 bits per heavy atom. The normalized spacial score (nSPS) is 25.6. The first kappa shape index (κ1) is 10.8. The molecule has 3 nitrogen and oxygen atoms in total. The van der Waals surface area contributed by atoms with Crippen LogP contribution < -0.4 is 0 Å². The van der Waals surface area contributed by atoms with Crippen LogP contribution >= 0.6 is 0 Å². The van der Waals surface area contributed by atoms with Crippen molar-refractivity contribution in [3.8, 4) is 12.3 Å². The van der Waals surface area contributed by atoms with Gasteiger partial charge < -0.3 is 4.74 Å². The number of cyclic esters (lactones) is 1. The molecule has 0 spiro atoms. The molecule has 1 heterocycles. The van der Waals surface area contributed by atoms with Gasteiger partial charge >= 0.3 is 5.97 Å². The lowest BCUT2D eigenvalue weighted by atomic mass is 9.78. The molecule has 0 amide bonds. The third-order valence-corrected chi connectivity index (χ3v) is 2.75. The lowest BCUT2D eigenvalue weighted by Gasteiger charge is -2.20. The quantitative estimate of drug-likeness (QED) is 0.293. The summed E-state index contributed by atoms with van der Waals surface area (Å²) in [6.07, 6.45) is 7.44. The Hall–Kier alpha value is -1.30. The molecule has 1 fully saturated rings. The van der Waals surface area contributed by atoms with E-state index in [9.17, 15) is 9.59 Å². The zero-order valence-corrected chi connectivity index (χ0v) is 8.34. The molecule has 0 aromatic heterocycles. The van der Waals surface area contributed by atoms with Crippen LogP contribution in [0.25, 0.3) is 0 Å². The van der Waals surface area contributed by atoms with E-state index in [1.807, 2.05) is 0 Å². The number of unbranched alkanes of at least 4 members (excludes halogenated alkanes) is 1. The molecule has 1 unspecified atom stereocenters. The maximum atomic E-state index is 11.4. The molecule has 1 aliphatic heterocycles. The Morgan fingerprint density at radius 3 is 2.86 bits per heavy atom. The number of Topliss-reactive ketones (excluding diaryl/α,β-unsaturated/α-hetero) is 1. The Balaban J connectivity index is 2.68. The van der Waals surface area contributed by atoms with E-state index >= 15 is 0 Å².